The van der Waals surface area contributed by atoms with Crippen LogP contribution in [0, 0.1) is 17.2 Å². The highest BCUT2D eigenvalue weighted by molar-refractivity contribution is 9.10. The zero-order valence-electron chi connectivity index (χ0n) is 11.4. The first-order valence-electron chi connectivity index (χ1n) is 6.59. The molecule has 0 bridgehead atoms. The normalized spacial score (nSPS) is 25.5. The molecular weight excluding hydrogens is 352 g/mol. The van der Waals surface area contributed by atoms with E-state index < -0.39 is 5.92 Å². The summed E-state index contributed by atoms with van der Waals surface area (Å²) >= 11 is 4.92. The third-order valence-corrected chi connectivity index (χ3v) is 5.50. The minimum Gasteiger partial charge on any atom is -0.444 e. The van der Waals surface area contributed by atoms with Gasteiger partial charge < -0.3 is 10.5 Å². The van der Waals surface area contributed by atoms with Crippen molar-refractivity contribution >= 4 is 33.0 Å². The van der Waals surface area contributed by atoms with Gasteiger partial charge in [0.15, 0.2) is 5.78 Å². The molecule has 2 heterocycles. The summed E-state index contributed by atoms with van der Waals surface area (Å²) < 4.78 is 6.51. The quantitative estimate of drug-likeness (QED) is 0.826. The highest BCUT2D eigenvalue weighted by atomic mass is 79.9. The summed E-state index contributed by atoms with van der Waals surface area (Å²) in [5, 5.41) is 11.4. The van der Waals surface area contributed by atoms with Crippen molar-refractivity contribution in [1.29, 1.82) is 5.26 Å². The number of ether oxygens (including phenoxy) is 1. The maximum Gasteiger partial charge on any atom is 0.205 e. The molecule has 2 aliphatic rings. The van der Waals surface area contributed by atoms with Gasteiger partial charge in [0.1, 0.15) is 17.4 Å². The van der Waals surface area contributed by atoms with Crippen LogP contribution in [0.4, 0.5) is 0 Å². The number of allylic oxidation sites excluding steroid dienone is 3. The monoisotopic (exact) mass is 364 g/mol. The van der Waals surface area contributed by atoms with Crippen molar-refractivity contribution in [3.8, 4) is 6.07 Å². The number of nitriles is 1. The lowest BCUT2D eigenvalue weighted by atomic mass is 9.78. The van der Waals surface area contributed by atoms with Crippen LogP contribution in [0.25, 0.3) is 0 Å². The standard InChI is InChI=1S/C15H13BrN2O2S/c1-7-2-10(19)14-11(3-7)20-15(18)9(5-17)13(14)12-4-8(16)6-21-12/h4,6-7,13H,2-3,18H2,1H3. The summed E-state index contributed by atoms with van der Waals surface area (Å²) in [4.78, 5) is 13.4. The Kier molecular flexibility index (Phi) is 3.64. The highest BCUT2D eigenvalue weighted by Gasteiger charge is 2.40. The number of carbonyl (C=O) groups excluding carboxylic acids is 1. The van der Waals surface area contributed by atoms with Crippen molar-refractivity contribution < 1.29 is 9.53 Å². The van der Waals surface area contributed by atoms with Crippen molar-refractivity contribution in [1.82, 2.24) is 0 Å². The van der Waals surface area contributed by atoms with E-state index in [1.165, 1.54) is 11.3 Å². The molecule has 0 amide bonds. The predicted molar refractivity (Wildman–Crippen MR) is 83.1 cm³/mol. The van der Waals surface area contributed by atoms with Gasteiger partial charge >= 0.3 is 0 Å². The van der Waals surface area contributed by atoms with E-state index in [0.717, 1.165) is 9.35 Å². The summed E-state index contributed by atoms with van der Waals surface area (Å²) in [6, 6.07) is 4.04. The average molecular weight is 365 g/mol. The lowest BCUT2D eigenvalue weighted by molar-refractivity contribution is -0.117. The fraction of sp³-hybridized carbons (Fsp3) is 0.333. The van der Waals surface area contributed by atoms with Crippen LogP contribution in [0.15, 0.2) is 38.7 Å². The molecule has 0 saturated carbocycles. The fourth-order valence-corrected chi connectivity index (χ4v) is 4.42. The van der Waals surface area contributed by atoms with E-state index in [-0.39, 0.29) is 17.6 Å². The Morgan fingerprint density at radius 3 is 2.90 bits per heavy atom. The smallest absolute Gasteiger partial charge is 0.205 e. The Morgan fingerprint density at radius 2 is 2.29 bits per heavy atom. The molecule has 1 aliphatic heterocycles. The van der Waals surface area contributed by atoms with Gasteiger partial charge in [-0.3, -0.25) is 4.79 Å². The van der Waals surface area contributed by atoms with E-state index in [2.05, 4.69) is 22.0 Å². The van der Waals surface area contributed by atoms with Gasteiger partial charge in [-0.05, 0) is 27.9 Å². The van der Waals surface area contributed by atoms with E-state index in [9.17, 15) is 10.1 Å². The van der Waals surface area contributed by atoms with Gasteiger partial charge in [-0.15, -0.1) is 11.3 Å². The van der Waals surface area contributed by atoms with E-state index in [1.54, 1.807) is 0 Å². The number of hydrogen-bond donors (Lipinski definition) is 1. The van der Waals surface area contributed by atoms with E-state index in [4.69, 9.17) is 10.5 Å². The minimum absolute atomic E-state index is 0.0542. The highest BCUT2D eigenvalue weighted by Crippen LogP contribution is 2.46. The number of ketones is 1. The molecule has 21 heavy (non-hydrogen) atoms. The second kappa shape index (κ2) is 5.32. The maximum atomic E-state index is 12.5. The van der Waals surface area contributed by atoms with Crippen molar-refractivity contribution in [2.75, 3.05) is 0 Å². The van der Waals surface area contributed by atoms with E-state index in [1.807, 2.05) is 18.4 Å². The number of nitrogens with two attached hydrogens (primary N) is 1. The van der Waals surface area contributed by atoms with Crippen molar-refractivity contribution in [3.05, 3.63) is 43.6 Å². The largest absolute Gasteiger partial charge is 0.444 e. The van der Waals surface area contributed by atoms with Crippen molar-refractivity contribution in [3.63, 3.8) is 0 Å². The lowest BCUT2D eigenvalue weighted by Gasteiger charge is -2.32. The number of rotatable bonds is 1. The number of hydrogen-bond acceptors (Lipinski definition) is 5. The first kappa shape index (κ1) is 14.4. The Bertz CT molecular complexity index is 726. The van der Waals surface area contributed by atoms with Crippen LogP contribution in [-0.2, 0) is 9.53 Å². The molecular formula is C15H13BrN2O2S. The minimum atomic E-state index is -0.393. The van der Waals surface area contributed by atoms with Crippen LogP contribution < -0.4 is 5.73 Å². The van der Waals surface area contributed by atoms with Crippen LogP contribution in [-0.4, -0.2) is 5.78 Å². The Morgan fingerprint density at radius 1 is 1.52 bits per heavy atom. The number of Topliss-reactive ketones (excluding diaryl/α,β-unsaturated/α-hetero) is 1. The lowest BCUT2D eigenvalue weighted by Crippen LogP contribution is -2.29. The van der Waals surface area contributed by atoms with Gasteiger partial charge in [0, 0.05) is 33.1 Å². The Hall–Kier alpha value is -1.58. The SMILES string of the molecule is CC1CC(=O)C2=C(C1)OC(N)=C(C#N)C2c1cc(Br)cs1. The van der Waals surface area contributed by atoms with Gasteiger partial charge in [0.05, 0.1) is 5.92 Å². The van der Waals surface area contributed by atoms with Crippen molar-refractivity contribution in [2.45, 2.75) is 25.7 Å². The molecule has 1 aliphatic carbocycles. The first-order chi connectivity index (χ1) is 10.0. The average Bonchev–Trinajstić information content (AvgIpc) is 2.83. The molecule has 2 atom stereocenters. The predicted octanol–water partition coefficient (Wildman–Crippen LogP) is 3.57. The molecule has 2 N–H and O–H groups in total. The molecule has 3 rings (SSSR count). The summed E-state index contributed by atoms with van der Waals surface area (Å²) in [5.74, 6) is 0.648. The summed E-state index contributed by atoms with van der Waals surface area (Å²) in [5.41, 5.74) is 6.83. The van der Waals surface area contributed by atoms with Crippen LogP contribution in [0.3, 0.4) is 0 Å². The molecule has 0 radical (unpaired) electrons. The summed E-state index contributed by atoms with van der Waals surface area (Å²) in [6.45, 7) is 2.02. The molecule has 6 heteroatoms. The molecule has 0 spiro atoms. The zero-order valence-corrected chi connectivity index (χ0v) is 13.8. The van der Waals surface area contributed by atoms with Gasteiger partial charge in [-0.2, -0.15) is 5.26 Å². The number of nitrogens with zero attached hydrogens (tertiary/aromatic N) is 1. The molecule has 1 aromatic heterocycles. The van der Waals surface area contributed by atoms with Gasteiger partial charge in [0.2, 0.25) is 5.88 Å². The molecule has 0 fully saturated rings. The molecule has 0 aromatic carbocycles. The van der Waals surface area contributed by atoms with Gasteiger partial charge in [0.25, 0.3) is 0 Å². The van der Waals surface area contributed by atoms with Crippen LogP contribution in [0.2, 0.25) is 0 Å². The Labute approximate surface area is 135 Å². The zero-order chi connectivity index (χ0) is 15.1. The van der Waals surface area contributed by atoms with Crippen LogP contribution >= 0.6 is 27.3 Å². The number of carbonyl (C=O) groups is 1. The third kappa shape index (κ3) is 2.41. The third-order valence-electron chi connectivity index (χ3n) is 3.74. The Balaban J connectivity index is 2.17. The topological polar surface area (TPSA) is 76.1 Å². The van der Waals surface area contributed by atoms with Gasteiger partial charge in [-0.1, -0.05) is 6.92 Å². The van der Waals surface area contributed by atoms with E-state index in [0.29, 0.717) is 29.7 Å². The maximum absolute atomic E-state index is 12.5. The summed E-state index contributed by atoms with van der Waals surface area (Å²) in [6.07, 6.45) is 1.17. The van der Waals surface area contributed by atoms with Gasteiger partial charge in [-0.25, -0.2) is 0 Å². The molecule has 1 aromatic rings. The molecule has 4 nitrogen and oxygen atoms in total. The fourth-order valence-electron chi connectivity index (χ4n) is 2.86. The van der Waals surface area contributed by atoms with Crippen molar-refractivity contribution in [2.24, 2.45) is 11.7 Å². The van der Waals surface area contributed by atoms with E-state index >= 15 is 0 Å². The molecule has 108 valence electrons. The second-order valence-corrected chi connectivity index (χ2v) is 7.22. The molecule has 0 saturated heterocycles. The first-order valence-corrected chi connectivity index (χ1v) is 8.26. The number of thiophene rings is 1. The van der Waals surface area contributed by atoms with Crippen LogP contribution in [0.5, 0.6) is 0 Å². The number of halogens is 1. The second-order valence-electron chi connectivity index (χ2n) is 5.37. The van der Waals surface area contributed by atoms with Crippen LogP contribution in [0.1, 0.15) is 30.6 Å². The molecule has 2 unspecified atom stereocenters. The summed E-state index contributed by atoms with van der Waals surface area (Å²) in [7, 11) is 0.